The van der Waals surface area contributed by atoms with Crippen molar-refractivity contribution >= 4 is 5.69 Å². The standard InChI is InChI=1S/C21H18F9N/c1-2-16-8-12(17-10-13(19(22,23)24)3-4-18(17)31-16)5-11-6-14(20(25,26)27)9-15(7-11)21(28,29)30/h3-4,6-7,9-10,12,16,31H,2,5,8H2,1H3/t12-,16-/m1/s1. The van der Waals surface area contributed by atoms with Crippen molar-refractivity contribution in [3.05, 3.63) is 64.2 Å². The van der Waals surface area contributed by atoms with E-state index in [1.165, 1.54) is 6.07 Å². The van der Waals surface area contributed by atoms with Crippen LogP contribution in [0.2, 0.25) is 0 Å². The van der Waals surface area contributed by atoms with Crippen LogP contribution in [0.4, 0.5) is 45.2 Å². The number of halogens is 9. The summed E-state index contributed by atoms with van der Waals surface area (Å²) in [5, 5.41) is 3.08. The summed E-state index contributed by atoms with van der Waals surface area (Å²) in [6.45, 7) is 1.83. The van der Waals surface area contributed by atoms with Gasteiger partial charge in [0.1, 0.15) is 0 Å². The fourth-order valence-electron chi connectivity index (χ4n) is 3.84. The van der Waals surface area contributed by atoms with Gasteiger partial charge >= 0.3 is 18.5 Å². The summed E-state index contributed by atoms with van der Waals surface area (Å²) in [4.78, 5) is 0. The Balaban J connectivity index is 2.06. The minimum atomic E-state index is -4.99. The highest BCUT2D eigenvalue weighted by molar-refractivity contribution is 5.58. The molecule has 1 nitrogen and oxygen atoms in total. The lowest BCUT2D eigenvalue weighted by atomic mass is 9.81. The Morgan fingerprint density at radius 1 is 0.774 bits per heavy atom. The number of hydrogen-bond donors (Lipinski definition) is 1. The third kappa shape index (κ3) is 5.27. The Hall–Kier alpha value is -2.39. The second-order valence-electron chi connectivity index (χ2n) is 7.60. The average Bonchev–Trinajstić information content (AvgIpc) is 2.65. The second-order valence-corrected chi connectivity index (χ2v) is 7.60. The lowest BCUT2D eigenvalue weighted by molar-refractivity contribution is -0.143. The van der Waals surface area contributed by atoms with Gasteiger partial charge in [-0.1, -0.05) is 6.92 Å². The summed E-state index contributed by atoms with van der Waals surface area (Å²) in [5.74, 6) is -0.673. The lowest BCUT2D eigenvalue weighted by Gasteiger charge is -2.33. The molecule has 0 bridgehead atoms. The van der Waals surface area contributed by atoms with Gasteiger partial charge in [0.15, 0.2) is 0 Å². The first kappa shape index (κ1) is 23.3. The van der Waals surface area contributed by atoms with Crippen LogP contribution in [0.5, 0.6) is 0 Å². The van der Waals surface area contributed by atoms with Gasteiger partial charge in [-0.05, 0) is 72.7 Å². The second kappa shape index (κ2) is 7.94. The molecule has 1 heterocycles. The van der Waals surface area contributed by atoms with Crippen LogP contribution in [-0.2, 0) is 24.9 Å². The van der Waals surface area contributed by atoms with Crippen LogP contribution >= 0.6 is 0 Å². The van der Waals surface area contributed by atoms with E-state index in [1.54, 1.807) is 0 Å². The number of benzene rings is 2. The fourth-order valence-corrected chi connectivity index (χ4v) is 3.84. The van der Waals surface area contributed by atoms with Crippen molar-refractivity contribution in [3.63, 3.8) is 0 Å². The molecule has 2 aromatic rings. The van der Waals surface area contributed by atoms with Gasteiger partial charge in [0.25, 0.3) is 0 Å². The van der Waals surface area contributed by atoms with E-state index < -0.39 is 41.1 Å². The highest BCUT2D eigenvalue weighted by Crippen LogP contribution is 2.42. The summed E-state index contributed by atoms with van der Waals surface area (Å²) < 4.78 is 118. The molecule has 0 aromatic heterocycles. The molecule has 0 saturated heterocycles. The van der Waals surface area contributed by atoms with Gasteiger partial charge in [-0.2, -0.15) is 39.5 Å². The van der Waals surface area contributed by atoms with E-state index in [-0.39, 0.29) is 36.1 Å². The normalized spacial score (nSPS) is 19.7. The van der Waals surface area contributed by atoms with Crippen molar-refractivity contribution < 1.29 is 39.5 Å². The van der Waals surface area contributed by atoms with Gasteiger partial charge in [0, 0.05) is 11.7 Å². The minimum absolute atomic E-state index is 0.0382. The maximum atomic E-state index is 13.2. The molecule has 0 unspecified atom stereocenters. The van der Waals surface area contributed by atoms with Crippen LogP contribution < -0.4 is 5.32 Å². The van der Waals surface area contributed by atoms with E-state index in [4.69, 9.17) is 0 Å². The summed E-state index contributed by atoms with van der Waals surface area (Å²) in [6, 6.07) is 4.19. The molecule has 2 atom stereocenters. The molecule has 0 fully saturated rings. The van der Waals surface area contributed by atoms with Gasteiger partial charge in [-0.25, -0.2) is 0 Å². The molecular formula is C21H18F9N. The van der Waals surface area contributed by atoms with Crippen LogP contribution in [0.1, 0.15) is 53.5 Å². The largest absolute Gasteiger partial charge is 0.416 e. The smallest absolute Gasteiger partial charge is 0.382 e. The number of hydrogen-bond acceptors (Lipinski definition) is 1. The first-order valence-corrected chi connectivity index (χ1v) is 9.44. The molecule has 170 valence electrons. The Morgan fingerprint density at radius 3 is 1.81 bits per heavy atom. The molecule has 0 aliphatic carbocycles. The Kier molecular flexibility index (Phi) is 5.96. The van der Waals surface area contributed by atoms with Crippen molar-refractivity contribution in [3.8, 4) is 0 Å². The highest BCUT2D eigenvalue weighted by Gasteiger charge is 2.38. The average molecular weight is 455 g/mol. The molecule has 0 amide bonds. The zero-order valence-corrected chi connectivity index (χ0v) is 16.1. The summed E-state index contributed by atoms with van der Waals surface area (Å²) in [5.41, 5.74) is -3.41. The summed E-state index contributed by atoms with van der Waals surface area (Å²) in [7, 11) is 0. The Morgan fingerprint density at radius 2 is 1.32 bits per heavy atom. The number of nitrogens with one attached hydrogen (secondary N) is 1. The van der Waals surface area contributed by atoms with Crippen LogP contribution in [0.25, 0.3) is 0 Å². The van der Waals surface area contributed by atoms with Crippen molar-refractivity contribution in [1.82, 2.24) is 0 Å². The van der Waals surface area contributed by atoms with Gasteiger partial charge < -0.3 is 5.32 Å². The first-order chi connectivity index (χ1) is 14.2. The number of fused-ring (bicyclic) bond motifs is 1. The molecule has 31 heavy (non-hydrogen) atoms. The maximum absolute atomic E-state index is 13.2. The van der Waals surface area contributed by atoms with Crippen molar-refractivity contribution in [2.24, 2.45) is 0 Å². The zero-order valence-electron chi connectivity index (χ0n) is 16.1. The van der Waals surface area contributed by atoms with Gasteiger partial charge in [-0.3, -0.25) is 0 Å². The van der Waals surface area contributed by atoms with Crippen LogP contribution in [0.15, 0.2) is 36.4 Å². The lowest BCUT2D eigenvalue weighted by Crippen LogP contribution is -2.29. The number of rotatable bonds is 3. The van der Waals surface area contributed by atoms with E-state index in [0.29, 0.717) is 24.2 Å². The van der Waals surface area contributed by atoms with Gasteiger partial charge in [-0.15, -0.1) is 0 Å². The molecule has 1 aliphatic heterocycles. The van der Waals surface area contributed by atoms with E-state index >= 15 is 0 Å². The van der Waals surface area contributed by atoms with E-state index in [0.717, 1.165) is 12.1 Å². The van der Waals surface area contributed by atoms with Crippen LogP contribution in [-0.4, -0.2) is 6.04 Å². The predicted octanol–water partition coefficient (Wildman–Crippen LogP) is 7.66. The molecule has 0 radical (unpaired) electrons. The number of anilines is 1. The topological polar surface area (TPSA) is 12.0 Å². The Bertz CT molecular complexity index is 909. The molecule has 0 saturated carbocycles. The van der Waals surface area contributed by atoms with E-state index in [1.807, 2.05) is 6.92 Å². The minimum Gasteiger partial charge on any atom is -0.382 e. The third-order valence-electron chi connectivity index (χ3n) is 5.37. The maximum Gasteiger partial charge on any atom is 0.416 e. The quantitative estimate of drug-likeness (QED) is 0.469. The van der Waals surface area contributed by atoms with Crippen molar-refractivity contribution in [1.29, 1.82) is 0 Å². The molecular weight excluding hydrogens is 437 g/mol. The van der Waals surface area contributed by atoms with Gasteiger partial charge in [0.05, 0.1) is 16.7 Å². The highest BCUT2D eigenvalue weighted by atomic mass is 19.4. The Labute approximate surface area is 172 Å². The third-order valence-corrected chi connectivity index (χ3v) is 5.37. The van der Waals surface area contributed by atoms with Crippen LogP contribution in [0.3, 0.4) is 0 Å². The molecule has 2 aromatic carbocycles. The van der Waals surface area contributed by atoms with E-state index in [2.05, 4.69) is 5.32 Å². The SMILES string of the molecule is CC[C@@H]1C[C@@H](Cc2cc(C(F)(F)F)cc(C(F)(F)F)c2)c2cc(C(F)(F)F)ccc2N1. The summed E-state index contributed by atoms with van der Waals surface area (Å²) in [6.07, 6.45) is -14.0. The molecule has 10 heteroatoms. The molecule has 0 spiro atoms. The van der Waals surface area contributed by atoms with Crippen LogP contribution in [0, 0.1) is 0 Å². The first-order valence-electron chi connectivity index (χ1n) is 9.44. The number of alkyl halides is 9. The summed E-state index contributed by atoms with van der Waals surface area (Å²) >= 11 is 0. The molecule has 1 aliphatic rings. The van der Waals surface area contributed by atoms with Crippen molar-refractivity contribution in [2.45, 2.75) is 56.7 Å². The monoisotopic (exact) mass is 455 g/mol. The van der Waals surface area contributed by atoms with Gasteiger partial charge in [0.2, 0.25) is 0 Å². The fraction of sp³-hybridized carbons (Fsp3) is 0.429. The molecule has 3 rings (SSSR count). The van der Waals surface area contributed by atoms with E-state index in [9.17, 15) is 39.5 Å². The zero-order chi connectivity index (χ0) is 23.2. The predicted molar refractivity (Wildman–Crippen MR) is 96.7 cm³/mol. The van der Waals surface area contributed by atoms with Crippen molar-refractivity contribution in [2.75, 3.05) is 5.32 Å². The molecule has 1 N–H and O–H groups in total.